The molecular formula is C14H13NO5. The monoisotopic (exact) mass is 275 g/mol. The van der Waals surface area contributed by atoms with Gasteiger partial charge in [0, 0.05) is 0 Å². The van der Waals surface area contributed by atoms with E-state index in [9.17, 15) is 9.59 Å². The van der Waals surface area contributed by atoms with Crippen LogP contribution in [0.25, 0.3) is 6.08 Å². The highest BCUT2D eigenvalue weighted by molar-refractivity contribution is 6.07. The summed E-state index contributed by atoms with van der Waals surface area (Å²) < 4.78 is 15.1. The summed E-state index contributed by atoms with van der Waals surface area (Å²) in [5, 5.41) is 2.01. The minimum absolute atomic E-state index is 0.0554. The van der Waals surface area contributed by atoms with Crippen LogP contribution in [0, 0.1) is 0 Å². The maximum Gasteiger partial charge on any atom is 0.419 e. The molecule has 2 amide bonds. The first-order chi connectivity index (χ1) is 9.65. The molecule has 1 aliphatic heterocycles. The van der Waals surface area contributed by atoms with Crippen LogP contribution in [0.5, 0.6) is 11.5 Å². The minimum Gasteiger partial charge on any atom is -0.496 e. The van der Waals surface area contributed by atoms with Crippen molar-refractivity contribution in [2.45, 2.75) is 0 Å². The fourth-order valence-corrected chi connectivity index (χ4v) is 1.71. The van der Waals surface area contributed by atoms with Crippen LogP contribution < -0.4 is 14.8 Å². The molecule has 20 heavy (non-hydrogen) atoms. The van der Waals surface area contributed by atoms with Crippen LogP contribution in [0.15, 0.2) is 36.1 Å². The zero-order valence-electron chi connectivity index (χ0n) is 11.0. The van der Waals surface area contributed by atoms with Gasteiger partial charge in [-0.1, -0.05) is 12.1 Å². The van der Waals surface area contributed by atoms with E-state index in [1.807, 2.05) is 5.32 Å². The molecule has 0 unspecified atom stereocenters. The molecule has 1 fully saturated rings. The van der Waals surface area contributed by atoms with Gasteiger partial charge in [0.05, 0.1) is 19.8 Å². The zero-order chi connectivity index (χ0) is 14.5. The Morgan fingerprint density at radius 1 is 1.15 bits per heavy atom. The van der Waals surface area contributed by atoms with Gasteiger partial charge in [-0.3, -0.25) is 10.1 Å². The predicted octanol–water partition coefficient (Wildman–Crippen LogP) is 1.87. The standard InChI is InChI=1S/C14H13NO5/c1-18-10-6-4-7-11(19-2)9(10)5-3-8-12-13(16)15-14(17)20-12/h3-8H,1-2H3,(H,15,16,17). The number of ether oxygens (including phenoxy) is 3. The lowest BCUT2D eigenvalue weighted by atomic mass is 10.1. The molecule has 0 saturated carbocycles. The van der Waals surface area contributed by atoms with Crippen molar-refractivity contribution in [1.82, 2.24) is 5.32 Å². The summed E-state index contributed by atoms with van der Waals surface area (Å²) in [6.45, 7) is 0. The Balaban J connectivity index is 2.26. The van der Waals surface area contributed by atoms with E-state index >= 15 is 0 Å². The lowest BCUT2D eigenvalue weighted by Gasteiger charge is -2.09. The van der Waals surface area contributed by atoms with Crippen molar-refractivity contribution in [1.29, 1.82) is 0 Å². The van der Waals surface area contributed by atoms with Gasteiger partial charge >= 0.3 is 6.09 Å². The fourth-order valence-electron chi connectivity index (χ4n) is 1.71. The maximum atomic E-state index is 11.3. The van der Waals surface area contributed by atoms with Crippen LogP contribution in [0.2, 0.25) is 0 Å². The van der Waals surface area contributed by atoms with E-state index in [-0.39, 0.29) is 5.76 Å². The normalized spacial score (nSPS) is 16.4. The van der Waals surface area contributed by atoms with E-state index in [1.54, 1.807) is 44.6 Å². The summed E-state index contributed by atoms with van der Waals surface area (Å²) in [5.74, 6) is 0.644. The molecule has 104 valence electrons. The third kappa shape index (κ3) is 2.80. The second kappa shape index (κ2) is 5.92. The highest BCUT2D eigenvalue weighted by atomic mass is 16.6. The number of imide groups is 1. The molecule has 1 aliphatic rings. The molecule has 0 atom stereocenters. The fraction of sp³-hybridized carbons (Fsp3) is 0.143. The quantitative estimate of drug-likeness (QED) is 0.849. The van der Waals surface area contributed by atoms with Gasteiger partial charge in [0.1, 0.15) is 11.5 Å². The molecule has 2 rings (SSSR count). The molecule has 6 heteroatoms. The number of hydrogen-bond acceptors (Lipinski definition) is 5. The second-order valence-electron chi connectivity index (χ2n) is 3.81. The average molecular weight is 275 g/mol. The Bertz CT molecular complexity index is 581. The molecule has 0 aliphatic carbocycles. The van der Waals surface area contributed by atoms with Crippen LogP contribution in [0.3, 0.4) is 0 Å². The summed E-state index contributed by atoms with van der Waals surface area (Å²) in [7, 11) is 3.10. The minimum atomic E-state index is -0.774. The zero-order valence-corrected chi connectivity index (χ0v) is 11.0. The number of rotatable bonds is 4. The molecule has 1 saturated heterocycles. The molecule has 1 heterocycles. The van der Waals surface area contributed by atoms with E-state index in [0.717, 1.165) is 5.56 Å². The first-order valence-electron chi connectivity index (χ1n) is 5.78. The molecule has 0 aromatic heterocycles. The molecule has 1 N–H and O–H groups in total. The first kappa shape index (κ1) is 13.7. The van der Waals surface area contributed by atoms with Crippen molar-refractivity contribution < 1.29 is 23.8 Å². The lowest BCUT2D eigenvalue weighted by Crippen LogP contribution is -2.18. The number of carbonyl (C=O) groups is 2. The third-order valence-electron chi connectivity index (χ3n) is 2.62. The molecule has 1 aromatic rings. The molecule has 0 spiro atoms. The van der Waals surface area contributed by atoms with Crippen LogP contribution in [-0.2, 0) is 9.53 Å². The molecule has 1 aromatic carbocycles. The summed E-state index contributed by atoms with van der Waals surface area (Å²) in [5.41, 5.74) is 0.721. The van der Waals surface area contributed by atoms with Crippen molar-refractivity contribution >= 4 is 18.1 Å². The molecule has 0 bridgehead atoms. The summed E-state index contributed by atoms with van der Waals surface area (Å²) in [6.07, 6.45) is 3.90. The van der Waals surface area contributed by atoms with Gasteiger partial charge in [-0.25, -0.2) is 4.79 Å². The van der Waals surface area contributed by atoms with Crippen molar-refractivity contribution in [3.05, 3.63) is 41.7 Å². The molecule has 6 nitrogen and oxygen atoms in total. The number of allylic oxidation sites excluding steroid dienone is 2. The van der Waals surface area contributed by atoms with E-state index in [0.29, 0.717) is 11.5 Å². The number of benzene rings is 1. The smallest absolute Gasteiger partial charge is 0.419 e. The summed E-state index contributed by atoms with van der Waals surface area (Å²) in [6, 6.07) is 5.38. The molecule has 0 radical (unpaired) electrons. The Morgan fingerprint density at radius 3 is 2.30 bits per heavy atom. The number of methoxy groups -OCH3 is 2. The van der Waals surface area contributed by atoms with Crippen molar-refractivity contribution in [3.63, 3.8) is 0 Å². The number of cyclic esters (lactones) is 1. The van der Waals surface area contributed by atoms with Crippen LogP contribution in [-0.4, -0.2) is 26.2 Å². The molecular weight excluding hydrogens is 262 g/mol. The largest absolute Gasteiger partial charge is 0.496 e. The maximum absolute atomic E-state index is 11.3. The highest BCUT2D eigenvalue weighted by Gasteiger charge is 2.25. The Hall–Kier alpha value is -2.76. The van der Waals surface area contributed by atoms with E-state index in [1.165, 1.54) is 6.08 Å². The third-order valence-corrected chi connectivity index (χ3v) is 2.62. The SMILES string of the molecule is COc1cccc(OC)c1C=CC=C1OC(=O)NC1=O. The Kier molecular flexibility index (Phi) is 4.05. The average Bonchev–Trinajstić information content (AvgIpc) is 2.77. The van der Waals surface area contributed by atoms with Gasteiger partial charge < -0.3 is 14.2 Å². The van der Waals surface area contributed by atoms with Crippen molar-refractivity contribution in [2.24, 2.45) is 0 Å². The van der Waals surface area contributed by atoms with E-state index in [4.69, 9.17) is 9.47 Å². The Labute approximate surface area is 115 Å². The number of amides is 2. The topological polar surface area (TPSA) is 73.9 Å². The number of alkyl carbamates (subject to hydrolysis) is 1. The van der Waals surface area contributed by atoms with E-state index in [2.05, 4.69) is 4.74 Å². The van der Waals surface area contributed by atoms with Gasteiger partial charge in [0.15, 0.2) is 5.76 Å². The number of hydrogen-bond donors (Lipinski definition) is 1. The van der Waals surface area contributed by atoms with Gasteiger partial charge in [0.25, 0.3) is 5.91 Å². The summed E-state index contributed by atoms with van der Waals surface area (Å²) in [4.78, 5) is 22.1. The Morgan fingerprint density at radius 2 is 1.80 bits per heavy atom. The van der Waals surface area contributed by atoms with Gasteiger partial charge in [-0.05, 0) is 24.3 Å². The lowest BCUT2D eigenvalue weighted by molar-refractivity contribution is -0.116. The second-order valence-corrected chi connectivity index (χ2v) is 3.81. The van der Waals surface area contributed by atoms with Gasteiger partial charge in [-0.15, -0.1) is 0 Å². The van der Waals surface area contributed by atoms with E-state index < -0.39 is 12.0 Å². The van der Waals surface area contributed by atoms with Gasteiger partial charge in [-0.2, -0.15) is 0 Å². The summed E-state index contributed by atoms with van der Waals surface area (Å²) >= 11 is 0. The van der Waals surface area contributed by atoms with Crippen molar-refractivity contribution in [3.8, 4) is 11.5 Å². The van der Waals surface area contributed by atoms with Crippen LogP contribution in [0.4, 0.5) is 4.79 Å². The van der Waals surface area contributed by atoms with Crippen LogP contribution >= 0.6 is 0 Å². The highest BCUT2D eigenvalue weighted by Crippen LogP contribution is 2.29. The first-order valence-corrected chi connectivity index (χ1v) is 5.78. The van der Waals surface area contributed by atoms with Gasteiger partial charge in [0.2, 0.25) is 0 Å². The van der Waals surface area contributed by atoms with Crippen LogP contribution in [0.1, 0.15) is 5.56 Å². The number of carbonyl (C=O) groups excluding carboxylic acids is 2. The number of nitrogens with one attached hydrogen (secondary N) is 1. The predicted molar refractivity (Wildman–Crippen MR) is 71.3 cm³/mol. The van der Waals surface area contributed by atoms with Crippen molar-refractivity contribution in [2.75, 3.05) is 14.2 Å².